The molecule has 0 aliphatic heterocycles. The van der Waals surface area contributed by atoms with Crippen molar-refractivity contribution in [2.45, 2.75) is 25.2 Å². The highest BCUT2D eigenvalue weighted by atomic mass is 16.5. The Balaban J connectivity index is 1.50. The highest BCUT2D eigenvalue weighted by molar-refractivity contribution is 5.94. The standard InChI is InChI=1S/C20H21N3O2/c1-23-18-9-8-15(12-17(18)22-20(23)14-6-7-14)21-19(24)11-13-4-3-5-16(10-13)25-2/h3-5,8-10,12,14H,6-7,11H2,1-2H3,(H,21,24). The van der Waals surface area contributed by atoms with Crippen molar-refractivity contribution in [2.75, 3.05) is 12.4 Å². The van der Waals surface area contributed by atoms with Crippen molar-refractivity contribution in [3.05, 3.63) is 53.9 Å². The number of anilines is 1. The number of rotatable bonds is 5. The fourth-order valence-corrected chi connectivity index (χ4v) is 3.18. The first-order chi connectivity index (χ1) is 12.1. The molecule has 2 aromatic carbocycles. The number of aromatic nitrogens is 2. The van der Waals surface area contributed by atoms with Gasteiger partial charge in [-0.05, 0) is 48.7 Å². The molecule has 25 heavy (non-hydrogen) atoms. The van der Waals surface area contributed by atoms with E-state index in [9.17, 15) is 4.79 Å². The van der Waals surface area contributed by atoms with E-state index in [-0.39, 0.29) is 5.91 Å². The summed E-state index contributed by atoms with van der Waals surface area (Å²) in [5.41, 5.74) is 3.74. The Morgan fingerprint density at radius 3 is 2.88 bits per heavy atom. The topological polar surface area (TPSA) is 56.1 Å². The third-order valence-electron chi connectivity index (χ3n) is 4.64. The zero-order valence-electron chi connectivity index (χ0n) is 14.5. The highest BCUT2D eigenvalue weighted by Gasteiger charge is 2.28. The van der Waals surface area contributed by atoms with E-state index in [1.54, 1.807) is 7.11 Å². The molecule has 0 spiro atoms. The third kappa shape index (κ3) is 3.22. The zero-order valence-corrected chi connectivity index (χ0v) is 14.5. The van der Waals surface area contributed by atoms with Crippen molar-refractivity contribution < 1.29 is 9.53 Å². The van der Waals surface area contributed by atoms with Crippen LogP contribution in [0.15, 0.2) is 42.5 Å². The Bertz CT molecular complexity index is 941. The first-order valence-corrected chi connectivity index (χ1v) is 8.53. The van der Waals surface area contributed by atoms with Crippen LogP contribution in [0.4, 0.5) is 5.69 Å². The minimum atomic E-state index is -0.0500. The maximum Gasteiger partial charge on any atom is 0.228 e. The maximum atomic E-state index is 12.3. The average molecular weight is 335 g/mol. The fraction of sp³-hybridized carbons (Fsp3) is 0.300. The molecule has 3 aromatic rings. The van der Waals surface area contributed by atoms with Crippen molar-refractivity contribution in [1.29, 1.82) is 0 Å². The lowest BCUT2D eigenvalue weighted by Gasteiger charge is -2.07. The molecule has 1 fully saturated rings. The normalized spacial score (nSPS) is 13.8. The number of methoxy groups -OCH3 is 1. The Morgan fingerprint density at radius 1 is 1.28 bits per heavy atom. The van der Waals surface area contributed by atoms with Gasteiger partial charge in [0, 0.05) is 18.7 Å². The molecule has 1 aromatic heterocycles. The number of fused-ring (bicyclic) bond motifs is 1. The van der Waals surface area contributed by atoms with Crippen molar-refractivity contribution >= 4 is 22.6 Å². The largest absolute Gasteiger partial charge is 0.497 e. The monoisotopic (exact) mass is 335 g/mol. The first-order valence-electron chi connectivity index (χ1n) is 8.53. The van der Waals surface area contributed by atoms with Gasteiger partial charge in [0.2, 0.25) is 5.91 Å². The number of hydrogen-bond donors (Lipinski definition) is 1. The summed E-state index contributed by atoms with van der Waals surface area (Å²) in [7, 11) is 3.68. The summed E-state index contributed by atoms with van der Waals surface area (Å²) in [6.07, 6.45) is 2.76. The molecule has 1 aliphatic rings. The van der Waals surface area contributed by atoms with Crippen molar-refractivity contribution in [3.8, 4) is 5.75 Å². The minimum Gasteiger partial charge on any atom is -0.497 e. The van der Waals surface area contributed by atoms with E-state index in [1.807, 2.05) is 42.5 Å². The van der Waals surface area contributed by atoms with E-state index in [1.165, 1.54) is 12.8 Å². The highest BCUT2D eigenvalue weighted by Crippen LogP contribution is 2.40. The number of benzene rings is 2. The lowest BCUT2D eigenvalue weighted by Crippen LogP contribution is -2.14. The first kappa shape index (κ1) is 15.7. The molecule has 1 N–H and O–H groups in total. The van der Waals surface area contributed by atoms with Crippen LogP contribution >= 0.6 is 0 Å². The van der Waals surface area contributed by atoms with Gasteiger partial charge in [-0.3, -0.25) is 4.79 Å². The van der Waals surface area contributed by atoms with Crippen molar-refractivity contribution in [1.82, 2.24) is 9.55 Å². The van der Waals surface area contributed by atoms with Crippen LogP contribution in [0, 0.1) is 0 Å². The summed E-state index contributed by atoms with van der Waals surface area (Å²) in [5.74, 6) is 2.46. The van der Waals surface area contributed by atoms with Gasteiger partial charge in [-0.1, -0.05) is 12.1 Å². The lowest BCUT2D eigenvalue weighted by atomic mass is 10.1. The van der Waals surface area contributed by atoms with Gasteiger partial charge in [0.1, 0.15) is 11.6 Å². The van der Waals surface area contributed by atoms with Crippen LogP contribution in [0.25, 0.3) is 11.0 Å². The van der Waals surface area contributed by atoms with Crippen molar-refractivity contribution in [2.24, 2.45) is 7.05 Å². The molecule has 1 aliphatic carbocycles. The van der Waals surface area contributed by atoms with E-state index in [2.05, 4.69) is 16.9 Å². The number of carbonyl (C=O) groups excluding carboxylic acids is 1. The molecule has 5 nitrogen and oxygen atoms in total. The van der Waals surface area contributed by atoms with Gasteiger partial charge in [-0.25, -0.2) is 4.98 Å². The third-order valence-corrected chi connectivity index (χ3v) is 4.64. The zero-order chi connectivity index (χ0) is 17.4. The average Bonchev–Trinajstić information content (AvgIpc) is 3.39. The predicted octanol–water partition coefficient (Wildman–Crippen LogP) is 3.64. The molecule has 0 radical (unpaired) electrons. The minimum absolute atomic E-state index is 0.0500. The summed E-state index contributed by atoms with van der Waals surface area (Å²) in [5, 5.41) is 2.96. The Labute approximate surface area is 146 Å². The molecule has 0 saturated heterocycles. The quantitative estimate of drug-likeness (QED) is 0.774. The SMILES string of the molecule is COc1cccc(CC(=O)Nc2ccc3c(c2)nc(C2CC2)n3C)c1. The number of aryl methyl sites for hydroxylation is 1. The van der Waals surface area contributed by atoms with Gasteiger partial charge in [0.25, 0.3) is 0 Å². The summed E-state index contributed by atoms with van der Waals surface area (Å²) in [6, 6.07) is 13.5. The molecule has 0 unspecified atom stereocenters. The van der Waals surface area contributed by atoms with E-state index < -0.39 is 0 Å². The van der Waals surface area contributed by atoms with Crippen LogP contribution < -0.4 is 10.1 Å². The number of hydrogen-bond acceptors (Lipinski definition) is 3. The summed E-state index contributed by atoms with van der Waals surface area (Å²) >= 11 is 0. The van der Waals surface area contributed by atoms with E-state index in [0.717, 1.165) is 33.9 Å². The smallest absolute Gasteiger partial charge is 0.228 e. The second-order valence-electron chi connectivity index (χ2n) is 6.58. The summed E-state index contributed by atoms with van der Waals surface area (Å²) < 4.78 is 7.36. The molecule has 4 rings (SSSR count). The molecule has 0 atom stereocenters. The number of imidazole rings is 1. The molecular formula is C20H21N3O2. The fourth-order valence-electron chi connectivity index (χ4n) is 3.18. The van der Waals surface area contributed by atoms with Gasteiger partial charge in [-0.2, -0.15) is 0 Å². The van der Waals surface area contributed by atoms with E-state index in [4.69, 9.17) is 9.72 Å². The summed E-state index contributed by atoms with van der Waals surface area (Å²) in [4.78, 5) is 17.1. The lowest BCUT2D eigenvalue weighted by molar-refractivity contribution is -0.115. The molecule has 0 bridgehead atoms. The number of nitrogens with zero attached hydrogens (tertiary/aromatic N) is 2. The van der Waals surface area contributed by atoms with Crippen LogP contribution in [-0.4, -0.2) is 22.6 Å². The van der Waals surface area contributed by atoms with Crippen LogP contribution in [0.1, 0.15) is 30.1 Å². The molecule has 1 amide bonds. The van der Waals surface area contributed by atoms with Gasteiger partial charge in [0.15, 0.2) is 0 Å². The summed E-state index contributed by atoms with van der Waals surface area (Å²) in [6.45, 7) is 0. The number of amides is 1. The Morgan fingerprint density at radius 2 is 2.12 bits per heavy atom. The van der Waals surface area contributed by atoms with E-state index >= 15 is 0 Å². The van der Waals surface area contributed by atoms with Crippen LogP contribution in [0.3, 0.4) is 0 Å². The Kier molecular flexibility index (Phi) is 3.92. The van der Waals surface area contributed by atoms with E-state index in [0.29, 0.717) is 12.3 Å². The van der Waals surface area contributed by atoms with Gasteiger partial charge in [-0.15, -0.1) is 0 Å². The second kappa shape index (κ2) is 6.24. The van der Waals surface area contributed by atoms with Gasteiger partial charge in [0.05, 0.1) is 24.6 Å². The molecule has 1 heterocycles. The molecule has 5 heteroatoms. The molecule has 128 valence electrons. The Hall–Kier alpha value is -2.82. The van der Waals surface area contributed by atoms with Gasteiger partial charge >= 0.3 is 0 Å². The van der Waals surface area contributed by atoms with Crippen molar-refractivity contribution in [3.63, 3.8) is 0 Å². The second-order valence-corrected chi connectivity index (χ2v) is 6.58. The predicted molar refractivity (Wildman–Crippen MR) is 98.0 cm³/mol. The molecular weight excluding hydrogens is 314 g/mol. The maximum absolute atomic E-state index is 12.3. The van der Waals surface area contributed by atoms with Gasteiger partial charge < -0.3 is 14.6 Å². The number of carbonyl (C=O) groups is 1. The number of nitrogens with one attached hydrogen (secondary N) is 1. The van der Waals surface area contributed by atoms with Crippen LogP contribution in [0.5, 0.6) is 5.75 Å². The molecule has 1 saturated carbocycles. The van der Waals surface area contributed by atoms with Crippen LogP contribution in [0.2, 0.25) is 0 Å². The van der Waals surface area contributed by atoms with Crippen LogP contribution in [-0.2, 0) is 18.3 Å². The number of ether oxygens (including phenoxy) is 1.